The van der Waals surface area contributed by atoms with Gasteiger partial charge >= 0.3 is 0 Å². The second-order valence-electron chi connectivity index (χ2n) is 6.26. The van der Waals surface area contributed by atoms with Gasteiger partial charge < -0.3 is 5.32 Å². The van der Waals surface area contributed by atoms with E-state index in [4.69, 9.17) is 0 Å². The van der Waals surface area contributed by atoms with Crippen molar-refractivity contribution in [3.63, 3.8) is 0 Å². The van der Waals surface area contributed by atoms with Crippen LogP contribution in [0.3, 0.4) is 0 Å². The van der Waals surface area contributed by atoms with E-state index in [0.717, 1.165) is 16.1 Å². The van der Waals surface area contributed by atoms with Crippen LogP contribution >= 0.6 is 0 Å². The van der Waals surface area contributed by atoms with Crippen molar-refractivity contribution >= 4 is 21.6 Å². The molecule has 146 valence electrons. The summed E-state index contributed by atoms with van der Waals surface area (Å²) in [6.07, 6.45) is 1.48. The molecule has 0 fully saturated rings. The molecule has 0 aliphatic rings. The summed E-state index contributed by atoms with van der Waals surface area (Å²) in [6.45, 7) is 1.88. The van der Waals surface area contributed by atoms with Crippen molar-refractivity contribution in [2.24, 2.45) is 0 Å². The largest absolute Gasteiger partial charge is 0.350 e. The van der Waals surface area contributed by atoms with Gasteiger partial charge in [0.15, 0.2) is 0 Å². The lowest BCUT2D eigenvalue weighted by molar-refractivity contribution is -0.121. The van der Waals surface area contributed by atoms with Crippen LogP contribution in [-0.2, 0) is 14.8 Å². The van der Waals surface area contributed by atoms with Crippen LogP contribution in [0.2, 0.25) is 0 Å². The Morgan fingerprint density at radius 2 is 1.56 bits per heavy atom. The summed E-state index contributed by atoms with van der Waals surface area (Å²) < 4.78 is 51.1. The zero-order valence-corrected chi connectivity index (χ0v) is 16.0. The van der Waals surface area contributed by atoms with Crippen molar-refractivity contribution < 1.29 is 22.0 Å². The molecule has 0 heterocycles. The molecule has 0 aliphatic carbocycles. The lowest BCUT2D eigenvalue weighted by Gasteiger charge is -2.22. The molecule has 0 saturated carbocycles. The Bertz CT molecular complexity index is 869. The first-order valence-corrected chi connectivity index (χ1v) is 10.3. The summed E-state index contributed by atoms with van der Waals surface area (Å²) in [6, 6.07) is 10.7. The normalized spacial score (nSPS) is 12.4. The number of nitrogens with zero attached hydrogens (tertiary/aromatic N) is 1. The Morgan fingerprint density at radius 3 is 2.07 bits per heavy atom. The van der Waals surface area contributed by atoms with Crippen LogP contribution in [-0.4, -0.2) is 27.1 Å². The molecule has 2 aromatic carbocycles. The number of sulfonamides is 1. The number of amides is 1. The highest BCUT2D eigenvalue weighted by Gasteiger charge is 2.18. The van der Waals surface area contributed by atoms with Crippen LogP contribution < -0.4 is 9.62 Å². The Labute approximate surface area is 158 Å². The fourth-order valence-corrected chi connectivity index (χ4v) is 3.59. The van der Waals surface area contributed by atoms with Crippen LogP contribution in [0.5, 0.6) is 0 Å². The molecule has 1 N–H and O–H groups in total. The third-order valence-corrected chi connectivity index (χ3v) is 5.22. The molecule has 0 radical (unpaired) electrons. The molecule has 8 heteroatoms. The molecule has 1 atom stereocenters. The standard InChI is InChI=1S/C19H22F2N2O3S/c1-14(15-5-7-16(20)8-6-15)22-19(24)4-3-13-23(27(2,25)26)18-11-9-17(21)10-12-18/h5-12,14H,3-4,13H2,1-2H3,(H,22,24)/t14-/m0/s1. The third kappa shape index (κ3) is 6.32. The first-order chi connectivity index (χ1) is 12.7. The van der Waals surface area contributed by atoms with Crippen molar-refractivity contribution in [2.45, 2.75) is 25.8 Å². The van der Waals surface area contributed by atoms with Gasteiger partial charge in [0, 0.05) is 13.0 Å². The molecule has 0 aromatic heterocycles. The van der Waals surface area contributed by atoms with Gasteiger partial charge in [0.05, 0.1) is 18.0 Å². The van der Waals surface area contributed by atoms with Gasteiger partial charge in [-0.15, -0.1) is 0 Å². The van der Waals surface area contributed by atoms with Crippen LogP contribution in [0.1, 0.15) is 31.4 Å². The highest BCUT2D eigenvalue weighted by atomic mass is 32.2. The molecule has 0 aliphatic heterocycles. The molecule has 2 aromatic rings. The SMILES string of the molecule is C[C@H](NC(=O)CCCN(c1ccc(F)cc1)S(C)(=O)=O)c1ccc(F)cc1. The molecule has 0 spiro atoms. The van der Waals surface area contributed by atoms with Gasteiger partial charge in [-0.3, -0.25) is 9.10 Å². The summed E-state index contributed by atoms with van der Waals surface area (Å²) in [5.41, 5.74) is 1.12. The summed E-state index contributed by atoms with van der Waals surface area (Å²) >= 11 is 0. The van der Waals surface area contributed by atoms with Gasteiger partial charge in [-0.25, -0.2) is 17.2 Å². The smallest absolute Gasteiger partial charge is 0.232 e. The van der Waals surface area contributed by atoms with E-state index < -0.39 is 15.8 Å². The van der Waals surface area contributed by atoms with Gasteiger partial charge in [-0.1, -0.05) is 12.1 Å². The van der Waals surface area contributed by atoms with Crippen LogP contribution in [0, 0.1) is 11.6 Å². The minimum absolute atomic E-state index is 0.100. The van der Waals surface area contributed by atoms with Crippen molar-refractivity contribution in [2.75, 3.05) is 17.1 Å². The predicted molar refractivity (Wildman–Crippen MR) is 101 cm³/mol. The molecule has 0 unspecified atom stereocenters. The molecular formula is C19H22F2N2O3S. The maximum absolute atomic E-state index is 13.0. The number of nitrogens with one attached hydrogen (secondary N) is 1. The van der Waals surface area contributed by atoms with E-state index in [1.807, 2.05) is 0 Å². The van der Waals surface area contributed by atoms with E-state index in [0.29, 0.717) is 12.1 Å². The van der Waals surface area contributed by atoms with Crippen LogP contribution in [0.15, 0.2) is 48.5 Å². The lowest BCUT2D eigenvalue weighted by Crippen LogP contribution is -2.32. The van der Waals surface area contributed by atoms with Gasteiger partial charge in [0.25, 0.3) is 0 Å². The molecule has 0 bridgehead atoms. The topological polar surface area (TPSA) is 66.5 Å². The second-order valence-corrected chi connectivity index (χ2v) is 8.16. The summed E-state index contributed by atoms with van der Waals surface area (Å²) in [7, 11) is -3.56. The number of hydrogen-bond donors (Lipinski definition) is 1. The van der Waals surface area contributed by atoms with Gasteiger partial charge in [0.1, 0.15) is 11.6 Å². The molecule has 0 saturated heterocycles. The van der Waals surface area contributed by atoms with Crippen molar-refractivity contribution in [1.82, 2.24) is 5.32 Å². The molecule has 1 amide bonds. The number of carbonyl (C=O) groups is 1. The first-order valence-electron chi connectivity index (χ1n) is 8.45. The number of hydrogen-bond acceptors (Lipinski definition) is 3. The third-order valence-electron chi connectivity index (χ3n) is 4.03. The summed E-state index contributed by atoms with van der Waals surface area (Å²) in [5.74, 6) is -1.04. The summed E-state index contributed by atoms with van der Waals surface area (Å²) in [5, 5.41) is 2.80. The highest BCUT2D eigenvalue weighted by molar-refractivity contribution is 7.92. The average Bonchev–Trinajstić information content (AvgIpc) is 2.59. The average molecular weight is 396 g/mol. The second kappa shape index (κ2) is 8.94. The van der Waals surface area contributed by atoms with Crippen molar-refractivity contribution in [3.8, 4) is 0 Å². The quantitative estimate of drug-likeness (QED) is 0.744. The number of carbonyl (C=O) groups excluding carboxylic acids is 1. The van der Waals surface area contributed by atoms with Crippen LogP contribution in [0.4, 0.5) is 14.5 Å². The van der Waals surface area contributed by atoms with Crippen molar-refractivity contribution in [1.29, 1.82) is 0 Å². The Morgan fingerprint density at radius 1 is 1.04 bits per heavy atom. The molecular weight excluding hydrogens is 374 g/mol. The van der Waals surface area contributed by atoms with E-state index in [-0.39, 0.29) is 30.7 Å². The van der Waals surface area contributed by atoms with E-state index in [1.165, 1.54) is 36.4 Å². The van der Waals surface area contributed by atoms with Gasteiger partial charge in [0.2, 0.25) is 15.9 Å². The number of benzene rings is 2. The van der Waals surface area contributed by atoms with Crippen molar-refractivity contribution in [3.05, 3.63) is 65.7 Å². The Kier molecular flexibility index (Phi) is 6.90. The number of rotatable bonds is 8. The van der Waals surface area contributed by atoms with E-state index >= 15 is 0 Å². The van der Waals surface area contributed by atoms with E-state index in [9.17, 15) is 22.0 Å². The fourth-order valence-electron chi connectivity index (χ4n) is 2.63. The Hall–Kier alpha value is -2.48. The summed E-state index contributed by atoms with van der Waals surface area (Å²) in [4.78, 5) is 12.1. The lowest BCUT2D eigenvalue weighted by atomic mass is 10.1. The maximum atomic E-state index is 13.0. The minimum Gasteiger partial charge on any atom is -0.350 e. The zero-order chi connectivity index (χ0) is 20.0. The van der Waals surface area contributed by atoms with Crippen LogP contribution in [0.25, 0.3) is 0 Å². The monoisotopic (exact) mass is 396 g/mol. The molecule has 27 heavy (non-hydrogen) atoms. The maximum Gasteiger partial charge on any atom is 0.232 e. The molecule has 5 nitrogen and oxygen atoms in total. The first kappa shape index (κ1) is 20.8. The predicted octanol–water partition coefficient (Wildman–Crippen LogP) is 3.39. The van der Waals surface area contributed by atoms with Gasteiger partial charge in [-0.05, 0) is 55.3 Å². The fraction of sp³-hybridized carbons (Fsp3) is 0.316. The number of anilines is 1. The zero-order valence-electron chi connectivity index (χ0n) is 15.2. The number of halogens is 2. The van der Waals surface area contributed by atoms with E-state index in [1.54, 1.807) is 19.1 Å². The molecule has 2 rings (SSSR count). The Balaban J connectivity index is 1.91. The van der Waals surface area contributed by atoms with E-state index in [2.05, 4.69) is 5.32 Å². The van der Waals surface area contributed by atoms with Gasteiger partial charge in [-0.2, -0.15) is 0 Å². The minimum atomic E-state index is -3.56. The highest BCUT2D eigenvalue weighted by Crippen LogP contribution is 2.19.